The van der Waals surface area contributed by atoms with Gasteiger partial charge in [0.05, 0.1) is 17.4 Å². The molecule has 3 heterocycles. The molecule has 0 saturated heterocycles. The zero-order valence-electron chi connectivity index (χ0n) is 22.3. The van der Waals surface area contributed by atoms with Crippen LogP contribution in [0, 0.1) is 18.8 Å². The summed E-state index contributed by atoms with van der Waals surface area (Å²) < 4.78 is 36.9. The van der Waals surface area contributed by atoms with Crippen LogP contribution in [0.4, 0.5) is 15.7 Å². The van der Waals surface area contributed by atoms with Gasteiger partial charge in [-0.2, -0.15) is 4.98 Å². The molecule has 0 radical (unpaired) electrons. The van der Waals surface area contributed by atoms with Crippen LogP contribution in [0.2, 0.25) is 0 Å². The number of anilines is 2. The van der Waals surface area contributed by atoms with Gasteiger partial charge in [0.1, 0.15) is 12.1 Å². The first-order valence-electron chi connectivity index (χ1n) is 13.0. The summed E-state index contributed by atoms with van der Waals surface area (Å²) in [5.74, 6) is 1.70. The number of hydrogen-bond donors (Lipinski definition) is 2. The fourth-order valence-electron chi connectivity index (χ4n) is 6.07. The molecule has 2 aliphatic carbocycles. The molecule has 210 valence electrons. The summed E-state index contributed by atoms with van der Waals surface area (Å²) in [6.45, 7) is 1.92. The Labute approximate surface area is 236 Å². The molecule has 0 bridgehead atoms. The maximum absolute atomic E-state index is 13.4. The maximum atomic E-state index is 13.4. The normalized spacial score (nSPS) is 22.3. The van der Waals surface area contributed by atoms with Crippen molar-refractivity contribution in [2.45, 2.75) is 49.6 Å². The number of nitrogens with one attached hydrogen (secondary N) is 2. The van der Waals surface area contributed by atoms with E-state index in [0.717, 1.165) is 48.6 Å². The van der Waals surface area contributed by atoms with Gasteiger partial charge in [0.2, 0.25) is 5.13 Å². The minimum absolute atomic E-state index is 0.0999. The van der Waals surface area contributed by atoms with Crippen LogP contribution < -0.4 is 20.3 Å². The van der Waals surface area contributed by atoms with Crippen molar-refractivity contribution in [3.8, 4) is 6.01 Å². The highest BCUT2D eigenvalue weighted by molar-refractivity contribution is 7.90. The highest BCUT2D eigenvalue weighted by atomic mass is 32.2. The van der Waals surface area contributed by atoms with Crippen molar-refractivity contribution >= 4 is 49.6 Å². The van der Waals surface area contributed by atoms with Crippen molar-refractivity contribution in [1.82, 2.24) is 28.6 Å². The van der Waals surface area contributed by atoms with Crippen molar-refractivity contribution < 1.29 is 17.9 Å². The monoisotopic (exact) mass is 582 g/mol. The molecule has 2 aliphatic rings. The third-order valence-electron chi connectivity index (χ3n) is 8.02. The Kier molecular flexibility index (Phi) is 6.82. The molecular formula is C26H30N8O4S2. The van der Waals surface area contributed by atoms with E-state index in [4.69, 9.17) is 4.74 Å². The summed E-state index contributed by atoms with van der Waals surface area (Å²) >= 11 is 1.07. The van der Waals surface area contributed by atoms with Crippen LogP contribution in [0.25, 0.3) is 11.0 Å². The second kappa shape index (κ2) is 10.3. The molecule has 6 rings (SSSR count). The van der Waals surface area contributed by atoms with Crippen molar-refractivity contribution in [3.63, 3.8) is 0 Å². The lowest BCUT2D eigenvalue weighted by Crippen LogP contribution is -2.37. The molecule has 0 spiro atoms. The second-order valence-corrected chi connectivity index (χ2v) is 13.0. The van der Waals surface area contributed by atoms with Crippen molar-refractivity contribution in [2.24, 2.45) is 11.8 Å². The quantitative estimate of drug-likeness (QED) is 0.334. The van der Waals surface area contributed by atoms with E-state index in [1.54, 1.807) is 36.5 Å². The SMILES string of the molecule is COc1nsc(NC(=O)N[C@H]2CC3C[C@H](N(C)c4ncnc5c4ccn5S(=O)(=O)c4ccc(C)cc4)C[C@H]3C2)n1. The molecule has 4 aromatic rings. The van der Waals surface area contributed by atoms with Gasteiger partial charge in [-0.05, 0) is 62.6 Å². The van der Waals surface area contributed by atoms with Crippen LogP contribution in [0.3, 0.4) is 0 Å². The Morgan fingerprint density at radius 3 is 2.50 bits per heavy atom. The smallest absolute Gasteiger partial charge is 0.329 e. The molecule has 2 saturated carbocycles. The summed E-state index contributed by atoms with van der Waals surface area (Å²) in [6, 6.07) is 8.87. The first-order chi connectivity index (χ1) is 19.2. The van der Waals surface area contributed by atoms with E-state index in [9.17, 15) is 13.2 Å². The van der Waals surface area contributed by atoms with Crippen LogP contribution in [-0.4, -0.2) is 64.0 Å². The third kappa shape index (κ3) is 4.85. The number of urea groups is 1. The van der Waals surface area contributed by atoms with E-state index < -0.39 is 10.0 Å². The lowest BCUT2D eigenvalue weighted by atomic mass is 10.0. The molecule has 1 unspecified atom stereocenters. The number of carbonyl (C=O) groups is 1. The van der Waals surface area contributed by atoms with E-state index in [0.29, 0.717) is 28.0 Å². The first-order valence-corrected chi connectivity index (χ1v) is 15.3. The maximum Gasteiger partial charge on any atom is 0.329 e. The number of methoxy groups -OCH3 is 1. The summed E-state index contributed by atoms with van der Waals surface area (Å²) in [7, 11) is -0.301. The number of amides is 2. The molecule has 3 aromatic heterocycles. The molecular weight excluding hydrogens is 552 g/mol. The lowest BCUT2D eigenvalue weighted by Gasteiger charge is -2.27. The zero-order chi connectivity index (χ0) is 28.0. The van der Waals surface area contributed by atoms with Crippen LogP contribution in [0.15, 0.2) is 47.8 Å². The van der Waals surface area contributed by atoms with E-state index in [1.165, 1.54) is 17.4 Å². The minimum Gasteiger partial charge on any atom is -0.466 e. The summed E-state index contributed by atoms with van der Waals surface area (Å²) in [5.41, 5.74) is 1.35. The highest BCUT2D eigenvalue weighted by Gasteiger charge is 2.43. The number of carbonyl (C=O) groups excluding carboxylic acids is 1. The van der Waals surface area contributed by atoms with Crippen molar-refractivity contribution in [1.29, 1.82) is 0 Å². The predicted octanol–water partition coefficient (Wildman–Crippen LogP) is 3.65. The lowest BCUT2D eigenvalue weighted by molar-refractivity contribution is 0.248. The third-order valence-corrected chi connectivity index (χ3v) is 10.3. The van der Waals surface area contributed by atoms with Gasteiger partial charge < -0.3 is 15.0 Å². The summed E-state index contributed by atoms with van der Waals surface area (Å²) in [6.07, 6.45) is 6.75. The minimum atomic E-state index is -3.79. The average molecular weight is 583 g/mol. The van der Waals surface area contributed by atoms with Gasteiger partial charge in [-0.3, -0.25) is 5.32 Å². The van der Waals surface area contributed by atoms with Crippen LogP contribution in [0.1, 0.15) is 31.2 Å². The number of nitrogens with zero attached hydrogens (tertiary/aromatic N) is 6. The van der Waals surface area contributed by atoms with E-state index >= 15 is 0 Å². The Morgan fingerprint density at radius 2 is 1.82 bits per heavy atom. The molecule has 2 amide bonds. The van der Waals surface area contributed by atoms with Gasteiger partial charge in [-0.1, -0.05) is 17.7 Å². The van der Waals surface area contributed by atoms with Crippen LogP contribution in [-0.2, 0) is 10.0 Å². The number of fused-ring (bicyclic) bond motifs is 2. The Bertz CT molecular complexity index is 1640. The molecule has 4 atom stereocenters. The highest BCUT2D eigenvalue weighted by Crippen LogP contribution is 2.46. The molecule has 12 nitrogen and oxygen atoms in total. The molecule has 2 N–H and O–H groups in total. The number of ether oxygens (including phenoxy) is 1. The number of hydrogen-bond acceptors (Lipinski definition) is 10. The summed E-state index contributed by atoms with van der Waals surface area (Å²) in [4.78, 5) is 27.8. The molecule has 2 fully saturated rings. The summed E-state index contributed by atoms with van der Waals surface area (Å²) in [5, 5.41) is 6.89. The Balaban J connectivity index is 1.12. The number of aryl methyl sites for hydroxylation is 1. The molecule has 40 heavy (non-hydrogen) atoms. The van der Waals surface area contributed by atoms with E-state index in [-0.39, 0.29) is 29.0 Å². The Hall–Kier alpha value is -3.78. The van der Waals surface area contributed by atoms with Gasteiger partial charge in [0, 0.05) is 36.9 Å². The van der Waals surface area contributed by atoms with Gasteiger partial charge >= 0.3 is 12.0 Å². The van der Waals surface area contributed by atoms with Gasteiger partial charge in [0.15, 0.2) is 5.65 Å². The van der Waals surface area contributed by atoms with Crippen molar-refractivity contribution in [2.75, 3.05) is 24.4 Å². The zero-order valence-corrected chi connectivity index (χ0v) is 23.9. The standard InChI is InChI=1S/C26H30N8O4S2/c1-15-4-6-20(7-5-15)40(36,37)34-9-8-21-22(27-14-28-23(21)34)33(2)19-12-16-10-18(11-17(16)13-19)29-24(35)30-26-31-25(38-3)32-39-26/h4-9,14,16-19H,10-13H2,1-3H3,(H2,29,30,31,32,35)/t16-,17?,18-,19-/m1/s1. The Morgan fingerprint density at radius 1 is 1.10 bits per heavy atom. The number of rotatable bonds is 7. The van der Waals surface area contributed by atoms with E-state index in [1.807, 2.05) is 14.0 Å². The van der Waals surface area contributed by atoms with Crippen LogP contribution in [0.5, 0.6) is 6.01 Å². The predicted molar refractivity (Wildman–Crippen MR) is 151 cm³/mol. The van der Waals surface area contributed by atoms with Crippen LogP contribution >= 0.6 is 11.5 Å². The second-order valence-electron chi connectivity index (χ2n) is 10.5. The first kappa shape index (κ1) is 26.4. The number of benzene rings is 1. The van der Waals surface area contributed by atoms with Gasteiger partial charge in [-0.15, -0.1) is 4.37 Å². The molecule has 14 heteroatoms. The topological polar surface area (TPSA) is 144 Å². The average Bonchev–Trinajstić information content (AvgIpc) is 3.71. The molecule has 0 aliphatic heterocycles. The van der Waals surface area contributed by atoms with Gasteiger partial charge in [-0.25, -0.2) is 27.2 Å². The molecule has 1 aromatic carbocycles. The number of aromatic nitrogens is 5. The van der Waals surface area contributed by atoms with E-state index in [2.05, 4.69) is 34.9 Å². The fraction of sp³-hybridized carbons (Fsp3) is 0.423. The fourth-order valence-corrected chi connectivity index (χ4v) is 7.91. The van der Waals surface area contributed by atoms with Gasteiger partial charge in [0.25, 0.3) is 10.0 Å². The van der Waals surface area contributed by atoms with Crippen molar-refractivity contribution in [3.05, 3.63) is 48.4 Å². The largest absolute Gasteiger partial charge is 0.466 e.